The van der Waals surface area contributed by atoms with Gasteiger partial charge in [-0.3, -0.25) is 0 Å². The Kier molecular flexibility index (Phi) is 20.1. The predicted molar refractivity (Wildman–Crippen MR) is 227 cm³/mol. The van der Waals surface area contributed by atoms with E-state index in [0.717, 1.165) is 64.9 Å². The van der Waals surface area contributed by atoms with Gasteiger partial charge in [0, 0.05) is 82.1 Å². The highest BCUT2D eigenvalue weighted by atomic mass is 32.2. The molecule has 0 bridgehead atoms. The summed E-state index contributed by atoms with van der Waals surface area (Å²) >= 11 is 13.7. The summed E-state index contributed by atoms with van der Waals surface area (Å²) in [4.78, 5) is 0. The van der Waals surface area contributed by atoms with Gasteiger partial charge in [0.15, 0.2) is 0 Å². The first-order valence-corrected chi connectivity index (χ1v) is 27.7. The van der Waals surface area contributed by atoms with Crippen molar-refractivity contribution < 1.29 is 54.0 Å². The average molecular weight is 891 g/mol. The van der Waals surface area contributed by atoms with Gasteiger partial charge in [-0.15, -0.1) is 0 Å². The zero-order chi connectivity index (χ0) is 39.4. The van der Waals surface area contributed by atoms with Gasteiger partial charge in [-0.05, 0) is 119 Å². The van der Waals surface area contributed by atoms with Crippen LogP contribution in [0.15, 0.2) is 0 Å². The number of epoxide rings is 1. The third-order valence-corrected chi connectivity index (χ3v) is 23.4. The second kappa shape index (κ2) is 22.9. The van der Waals surface area contributed by atoms with Gasteiger partial charge in [0.2, 0.25) is 8.77 Å². The van der Waals surface area contributed by atoms with E-state index in [1.165, 1.54) is 44.9 Å². The topological polar surface area (TPSA) is 114 Å². The molecule has 19 heteroatoms. The lowest BCUT2D eigenvalue weighted by molar-refractivity contribution is 0.111. The molecular weight excluding hydrogens is 825 g/mol. The first kappa shape index (κ1) is 47.4. The van der Waals surface area contributed by atoms with Crippen LogP contribution in [0.5, 0.6) is 0 Å². The van der Waals surface area contributed by atoms with E-state index in [9.17, 15) is 0 Å². The van der Waals surface area contributed by atoms with E-state index in [1.54, 1.807) is 87.5 Å². The summed E-state index contributed by atoms with van der Waals surface area (Å²) in [6, 6.07) is 2.67. The Morgan fingerprint density at radius 2 is 0.833 bits per heavy atom. The lowest BCUT2D eigenvalue weighted by atomic mass is 9.85. The Morgan fingerprint density at radius 3 is 1.28 bits per heavy atom. The summed E-state index contributed by atoms with van der Waals surface area (Å²) in [5.74, 6) is 2.12. The minimum Gasteiger partial charge on any atom is -0.474 e. The molecule has 9 atom stereocenters. The molecule has 0 aromatic rings. The van der Waals surface area contributed by atoms with Crippen molar-refractivity contribution in [1.82, 2.24) is 0 Å². The lowest BCUT2D eigenvalue weighted by Crippen LogP contribution is -2.43. The Labute approximate surface area is 347 Å². The van der Waals surface area contributed by atoms with Crippen LogP contribution < -0.4 is 0 Å². The van der Waals surface area contributed by atoms with Crippen molar-refractivity contribution in [2.24, 2.45) is 17.8 Å². The van der Waals surface area contributed by atoms with Gasteiger partial charge in [0.05, 0.1) is 22.7 Å². The van der Waals surface area contributed by atoms with E-state index in [4.69, 9.17) is 78.5 Å². The highest BCUT2D eigenvalue weighted by Crippen LogP contribution is 2.44. The number of fused-ring (bicyclic) bond motifs is 3. The highest BCUT2D eigenvalue weighted by Gasteiger charge is 2.46. The fourth-order valence-corrected chi connectivity index (χ4v) is 17.3. The molecule has 0 aromatic carbocycles. The maximum atomic E-state index is 5.72. The molecule has 6 aliphatic rings. The van der Waals surface area contributed by atoms with Gasteiger partial charge in [-0.25, -0.2) is 0 Å². The molecule has 314 valence electrons. The first-order chi connectivity index (χ1) is 26.0. The minimum absolute atomic E-state index is 0.319. The zero-order valence-corrected chi connectivity index (χ0v) is 40.1. The van der Waals surface area contributed by atoms with Crippen molar-refractivity contribution in [3.63, 3.8) is 0 Å². The summed E-state index contributed by atoms with van der Waals surface area (Å²) in [5.41, 5.74) is 0. The molecule has 0 N–H and O–H groups in total. The number of hydrogen-bond donors (Lipinski definition) is 0. The van der Waals surface area contributed by atoms with E-state index in [0.29, 0.717) is 46.8 Å². The van der Waals surface area contributed by atoms with Crippen molar-refractivity contribution in [2.75, 3.05) is 64.0 Å². The molecule has 54 heavy (non-hydrogen) atoms. The lowest BCUT2D eigenvalue weighted by Gasteiger charge is -2.31. The average Bonchev–Trinajstić information content (AvgIpc) is 3.74. The molecule has 0 amide bonds. The van der Waals surface area contributed by atoms with Crippen LogP contribution >= 0.6 is 48.0 Å². The van der Waals surface area contributed by atoms with E-state index in [-0.39, 0.29) is 0 Å². The van der Waals surface area contributed by atoms with Crippen molar-refractivity contribution >= 4 is 83.1 Å². The molecule has 3 saturated heterocycles. The monoisotopic (exact) mass is 890 g/mol. The standard InChI is InChI=1S/2C12H22O4S2Si.C11H22O4Si/c1-13-19(14-2,15-3)7-6-9-4-5-11-10(8-9)16-12(17)18-11;1-13-19(14-2,15-3)7-6-9-4-5-10-11(8-9)18-12(17)16-10;1-12-16(13-2,14-3)7-6-9-4-5-10-11(8-9)15-10/h2*9-11H,4-8H2,1-3H3;9-11H,4-8H2,1-3H3. The van der Waals surface area contributed by atoms with Crippen LogP contribution in [-0.2, 0) is 54.0 Å². The molecule has 0 radical (unpaired) electrons. The fourth-order valence-electron chi connectivity index (χ4n) is 8.52. The maximum absolute atomic E-state index is 5.72. The Hall–Kier alpha value is 0.731. The largest absolute Gasteiger partial charge is 0.500 e. The SMILES string of the molecule is CO[Si](CCC1CCC2OC(=S)SC2C1)(OC)OC.CO[Si](CCC1CCC2OC2C1)(OC)OC.CO[Si](CCC1CCC2SC(=S)OC2C1)(OC)OC. The summed E-state index contributed by atoms with van der Waals surface area (Å²) in [6.45, 7) is 0. The quantitative estimate of drug-likeness (QED) is 0.0768. The molecule has 12 nitrogen and oxygen atoms in total. The molecule has 9 unspecified atom stereocenters. The van der Waals surface area contributed by atoms with Crippen molar-refractivity contribution in [3.8, 4) is 0 Å². The van der Waals surface area contributed by atoms with E-state index < -0.39 is 26.4 Å². The van der Waals surface area contributed by atoms with Crippen molar-refractivity contribution in [3.05, 3.63) is 0 Å². The normalized spacial score (nSPS) is 31.8. The van der Waals surface area contributed by atoms with Gasteiger partial charge in [0.1, 0.15) is 12.2 Å². The van der Waals surface area contributed by atoms with Crippen molar-refractivity contribution in [1.29, 1.82) is 0 Å². The molecule has 3 heterocycles. The Balaban J connectivity index is 0.000000181. The molecule has 6 fully saturated rings. The molecule has 0 aromatic heterocycles. The second-order valence-corrected chi connectivity index (χ2v) is 27.8. The van der Waals surface area contributed by atoms with Gasteiger partial charge >= 0.3 is 26.4 Å². The summed E-state index contributed by atoms with van der Waals surface area (Å²) in [7, 11) is 7.90. The predicted octanol–water partition coefficient (Wildman–Crippen LogP) is 7.50. The molecule has 6 rings (SSSR count). The molecule has 3 aliphatic heterocycles. The van der Waals surface area contributed by atoms with Crippen LogP contribution in [0.2, 0.25) is 18.1 Å². The fraction of sp³-hybridized carbons (Fsp3) is 0.943. The number of rotatable bonds is 18. The summed E-state index contributed by atoms with van der Waals surface area (Å²) in [6.07, 6.45) is 15.9. The van der Waals surface area contributed by atoms with Gasteiger partial charge < -0.3 is 54.0 Å². The second-order valence-electron chi connectivity index (χ2n) is 14.9. The maximum Gasteiger partial charge on any atom is 0.500 e. The number of hydrogen-bond acceptors (Lipinski definition) is 16. The molecule has 0 spiro atoms. The van der Waals surface area contributed by atoms with Gasteiger partial charge in [-0.1, -0.05) is 23.5 Å². The van der Waals surface area contributed by atoms with Crippen molar-refractivity contribution in [2.45, 2.75) is 130 Å². The van der Waals surface area contributed by atoms with Crippen LogP contribution in [0.3, 0.4) is 0 Å². The minimum atomic E-state index is -2.42. The van der Waals surface area contributed by atoms with Crippen LogP contribution in [-0.4, -0.2) is 134 Å². The third-order valence-electron chi connectivity index (χ3n) is 12.2. The molecule has 3 saturated carbocycles. The smallest absolute Gasteiger partial charge is 0.474 e. The van der Waals surface area contributed by atoms with Crippen LogP contribution in [0.4, 0.5) is 0 Å². The Bertz CT molecular complexity index is 1070. The summed E-state index contributed by atoms with van der Waals surface area (Å²) in [5, 5.41) is 1.13. The number of ether oxygens (including phenoxy) is 3. The van der Waals surface area contributed by atoms with Crippen LogP contribution in [0.1, 0.15) is 77.0 Å². The molecule has 3 aliphatic carbocycles. The zero-order valence-electron chi connectivity index (χ0n) is 33.8. The first-order valence-electron chi connectivity index (χ1n) is 19.3. The number of thiocarbonyl (C=S) groups is 2. The van der Waals surface area contributed by atoms with E-state index in [1.807, 2.05) is 0 Å². The Morgan fingerprint density at radius 1 is 0.463 bits per heavy atom. The molecular formula is C35H66O12S4Si3. The van der Waals surface area contributed by atoms with E-state index >= 15 is 0 Å². The summed E-state index contributed by atoms with van der Waals surface area (Å²) < 4.78 is 67.5. The third kappa shape index (κ3) is 13.4. The van der Waals surface area contributed by atoms with Gasteiger partial charge in [0.25, 0.3) is 0 Å². The number of thioether (sulfide) groups is 2. The van der Waals surface area contributed by atoms with Gasteiger partial charge in [-0.2, -0.15) is 0 Å². The van der Waals surface area contributed by atoms with E-state index in [2.05, 4.69) is 0 Å². The van der Waals surface area contributed by atoms with Crippen LogP contribution in [0, 0.1) is 17.8 Å². The van der Waals surface area contributed by atoms with Crippen LogP contribution in [0.25, 0.3) is 0 Å². The highest BCUT2D eigenvalue weighted by molar-refractivity contribution is 8.23.